The number of rotatable bonds is 14. The lowest BCUT2D eigenvalue weighted by Gasteiger charge is -2.34. The second-order valence-electron chi connectivity index (χ2n) is 10.2. The molecule has 0 bridgehead atoms. The fourth-order valence-corrected chi connectivity index (χ4v) is 5.72. The largest absolute Gasteiger partial charge is 0.495 e. The lowest BCUT2D eigenvalue weighted by atomic mass is 10.0. The molecule has 0 spiro atoms. The van der Waals surface area contributed by atoms with Crippen LogP contribution < -0.4 is 14.4 Å². The highest BCUT2D eigenvalue weighted by Crippen LogP contribution is 2.34. The number of carbonyl (C=O) groups excluding carboxylic acids is 2. The van der Waals surface area contributed by atoms with Gasteiger partial charge in [-0.3, -0.25) is 24.0 Å². The molecule has 44 heavy (non-hydrogen) atoms. The summed E-state index contributed by atoms with van der Waals surface area (Å²) in [6.07, 6.45) is 1.62. The number of amides is 2. The van der Waals surface area contributed by atoms with Gasteiger partial charge in [0.15, 0.2) is 0 Å². The van der Waals surface area contributed by atoms with Gasteiger partial charge in [0, 0.05) is 41.2 Å². The summed E-state index contributed by atoms with van der Waals surface area (Å²) in [5, 5.41) is 15.1. The van der Waals surface area contributed by atoms with Gasteiger partial charge in [-0.1, -0.05) is 66.5 Å². The molecule has 0 unspecified atom stereocenters. The highest BCUT2D eigenvalue weighted by molar-refractivity contribution is 7.92. The van der Waals surface area contributed by atoms with E-state index in [1.807, 2.05) is 32.0 Å². The molecule has 2 amide bonds. The Balaban J connectivity index is 2.16. The Bertz CT molecular complexity index is 1610. The first-order valence-electron chi connectivity index (χ1n) is 13.6. The minimum atomic E-state index is -4.20. The van der Waals surface area contributed by atoms with Gasteiger partial charge in [-0.25, -0.2) is 8.42 Å². The van der Waals surface area contributed by atoms with Gasteiger partial charge in [0.2, 0.25) is 21.8 Å². The molecule has 0 aliphatic carbocycles. The number of nitrogens with one attached hydrogen (secondary N) is 1. The minimum absolute atomic E-state index is 0.00327. The van der Waals surface area contributed by atoms with Crippen molar-refractivity contribution in [3.05, 3.63) is 98.0 Å². The first-order chi connectivity index (χ1) is 20.7. The van der Waals surface area contributed by atoms with Crippen LogP contribution in [0, 0.1) is 10.1 Å². The zero-order valence-corrected chi connectivity index (χ0v) is 27.0. The van der Waals surface area contributed by atoms with E-state index in [0.717, 1.165) is 28.3 Å². The Morgan fingerprint density at radius 3 is 2.32 bits per heavy atom. The Morgan fingerprint density at radius 2 is 1.75 bits per heavy atom. The van der Waals surface area contributed by atoms with Crippen LogP contribution in [0.15, 0.2) is 66.7 Å². The predicted molar refractivity (Wildman–Crippen MR) is 171 cm³/mol. The fourth-order valence-electron chi connectivity index (χ4n) is 4.41. The Labute approximate surface area is 266 Å². The number of sulfonamides is 1. The van der Waals surface area contributed by atoms with Crippen LogP contribution in [0.3, 0.4) is 0 Å². The number of hydrogen-bond acceptors (Lipinski definition) is 7. The zero-order chi connectivity index (χ0) is 32.6. The number of halogens is 2. The van der Waals surface area contributed by atoms with Crippen molar-refractivity contribution in [3.63, 3.8) is 0 Å². The van der Waals surface area contributed by atoms with Gasteiger partial charge >= 0.3 is 0 Å². The lowest BCUT2D eigenvalue weighted by molar-refractivity contribution is -0.384. The van der Waals surface area contributed by atoms with E-state index < -0.39 is 45.0 Å². The van der Waals surface area contributed by atoms with Crippen LogP contribution in [0.25, 0.3) is 0 Å². The Hall–Kier alpha value is -3.87. The third kappa shape index (κ3) is 9.07. The van der Waals surface area contributed by atoms with Crippen LogP contribution in [-0.2, 0) is 32.6 Å². The molecule has 1 N–H and O–H groups in total. The lowest BCUT2D eigenvalue weighted by Crippen LogP contribution is -2.54. The van der Waals surface area contributed by atoms with Crippen molar-refractivity contribution >= 4 is 56.4 Å². The molecule has 3 aromatic rings. The molecule has 0 saturated carbocycles. The zero-order valence-electron chi connectivity index (χ0n) is 24.7. The number of nitro groups is 1. The smallest absolute Gasteiger partial charge is 0.271 e. The van der Waals surface area contributed by atoms with E-state index in [-0.39, 0.29) is 35.5 Å². The molecule has 0 aliphatic rings. The highest BCUT2D eigenvalue weighted by Gasteiger charge is 2.35. The SMILES string of the molecule is CC[C@@H](C)NC(=O)[C@H](Cc1ccccc1)N(Cc1ccc(Cl)cc1Cl)C(=O)CN(c1cc([N+](=O)[O-])ccc1OC)S(C)(=O)=O. The maximum Gasteiger partial charge on any atom is 0.271 e. The van der Waals surface area contributed by atoms with E-state index in [0.29, 0.717) is 17.0 Å². The summed E-state index contributed by atoms with van der Waals surface area (Å²) in [6, 6.07) is 15.9. The van der Waals surface area contributed by atoms with Gasteiger partial charge in [0.25, 0.3) is 5.69 Å². The molecule has 0 aromatic heterocycles. The van der Waals surface area contributed by atoms with Crippen molar-refractivity contribution in [2.24, 2.45) is 0 Å². The number of nitro benzene ring substituents is 1. The number of carbonyl (C=O) groups is 2. The summed E-state index contributed by atoms with van der Waals surface area (Å²) >= 11 is 12.6. The predicted octanol–water partition coefficient (Wildman–Crippen LogP) is 5.23. The molecular weight excluding hydrogens is 631 g/mol. The number of methoxy groups -OCH3 is 1. The van der Waals surface area contributed by atoms with Gasteiger partial charge in [-0.15, -0.1) is 0 Å². The summed E-state index contributed by atoms with van der Waals surface area (Å²) in [5.74, 6) is -1.20. The van der Waals surface area contributed by atoms with Gasteiger partial charge in [-0.2, -0.15) is 0 Å². The molecule has 0 fully saturated rings. The van der Waals surface area contributed by atoms with Crippen molar-refractivity contribution < 1.29 is 27.7 Å². The Kier molecular flexibility index (Phi) is 12.0. The standard InChI is InChI=1S/C30H34Cl2N4O7S/c1-5-20(2)33-30(38)27(15-21-9-7-6-8-10-21)34(18-22-11-12-23(31)16-25(22)32)29(37)19-35(44(4,41)42)26-17-24(36(39)40)13-14-28(26)43-3/h6-14,16-17,20,27H,5,15,18-19H2,1-4H3,(H,33,38)/t20-,27+/m1/s1. The number of non-ortho nitro benzene ring substituents is 1. The maximum atomic E-state index is 14.3. The van der Waals surface area contributed by atoms with Gasteiger partial charge in [-0.05, 0) is 42.7 Å². The molecule has 0 radical (unpaired) electrons. The van der Waals surface area contributed by atoms with E-state index in [4.69, 9.17) is 27.9 Å². The number of ether oxygens (including phenoxy) is 1. The van der Waals surface area contributed by atoms with Gasteiger partial charge < -0.3 is 15.0 Å². The van der Waals surface area contributed by atoms with Crippen LogP contribution in [-0.4, -0.2) is 62.0 Å². The average Bonchev–Trinajstić information content (AvgIpc) is 2.97. The quantitative estimate of drug-likeness (QED) is 0.184. The second kappa shape index (κ2) is 15.2. The molecule has 14 heteroatoms. The van der Waals surface area contributed by atoms with Crippen LogP contribution in [0.5, 0.6) is 5.75 Å². The first kappa shape index (κ1) is 34.6. The second-order valence-corrected chi connectivity index (χ2v) is 12.9. The summed E-state index contributed by atoms with van der Waals surface area (Å²) in [5.41, 5.74) is 0.627. The molecule has 0 aliphatic heterocycles. The molecular formula is C30H34Cl2N4O7S. The summed E-state index contributed by atoms with van der Waals surface area (Å²) in [7, 11) is -2.92. The van der Waals surface area contributed by atoms with E-state index in [2.05, 4.69) is 5.32 Å². The summed E-state index contributed by atoms with van der Waals surface area (Å²) < 4.78 is 32.2. The molecule has 11 nitrogen and oxygen atoms in total. The van der Waals surface area contributed by atoms with Crippen LogP contribution in [0.4, 0.5) is 11.4 Å². The highest BCUT2D eigenvalue weighted by atomic mass is 35.5. The normalized spacial score (nSPS) is 12.6. The third-order valence-electron chi connectivity index (χ3n) is 6.95. The fraction of sp³-hybridized carbons (Fsp3) is 0.333. The maximum absolute atomic E-state index is 14.3. The third-order valence-corrected chi connectivity index (χ3v) is 8.66. The molecule has 0 heterocycles. The monoisotopic (exact) mass is 664 g/mol. The van der Waals surface area contributed by atoms with E-state index in [1.165, 1.54) is 24.1 Å². The molecule has 2 atom stereocenters. The van der Waals surface area contributed by atoms with Crippen LogP contribution in [0.1, 0.15) is 31.4 Å². The molecule has 3 rings (SSSR count). The van der Waals surface area contributed by atoms with E-state index in [1.54, 1.807) is 24.3 Å². The number of anilines is 1. The topological polar surface area (TPSA) is 139 Å². The van der Waals surface area contributed by atoms with Gasteiger partial charge in [0.05, 0.1) is 18.3 Å². The number of hydrogen-bond donors (Lipinski definition) is 1. The Morgan fingerprint density at radius 1 is 1.07 bits per heavy atom. The van der Waals surface area contributed by atoms with E-state index in [9.17, 15) is 28.1 Å². The number of nitrogens with zero attached hydrogens (tertiary/aromatic N) is 3. The van der Waals surface area contributed by atoms with Crippen molar-refractivity contribution in [1.82, 2.24) is 10.2 Å². The van der Waals surface area contributed by atoms with Crippen molar-refractivity contribution in [3.8, 4) is 5.75 Å². The van der Waals surface area contributed by atoms with E-state index >= 15 is 0 Å². The summed E-state index contributed by atoms with van der Waals surface area (Å²) in [4.78, 5) is 40.1. The van der Waals surface area contributed by atoms with Crippen LogP contribution >= 0.6 is 23.2 Å². The average molecular weight is 666 g/mol. The summed E-state index contributed by atoms with van der Waals surface area (Å²) in [6.45, 7) is 2.79. The van der Waals surface area contributed by atoms with Gasteiger partial charge in [0.1, 0.15) is 24.0 Å². The van der Waals surface area contributed by atoms with Crippen molar-refractivity contribution in [2.45, 2.75) is 45.3 Å². The molecule has 236 valence electrons. The first-order valence-corrected chi connectivity index (χ1v) is 16.2. The van der Waals surface area contributed by atoms with Crippen LogP contribution in [0.2, 0.25) is 10.0 Å². The number of benzene rings is 3. The van der Waals surface area contributed by atoms with Crippen molar-refractivity contribution in [2.75, 3.05) is 24.2 Å². The minimum Gasteiger partial charge on any atom is -0.495 e. The molecule has 3 aromatic carbocycles. The molecule has 0 saturated heterocycles. The van der Waals surface area contributed by atoms with Crippen molar-refractivity contribution in [1.29, 1.82) is 0 Å².